The summed E-state index contributed by atoms with van der Waals surface area (Å²) in [5.74, 6) is 0.0525. The Kier molecular flexibility index (Phi) is 4.82. The molecule has 144 valence electrons. The van der Waals surface area contributed by atoms with Crippen molar-refractivity contribution in [1.82, 2.24) is 24.6 Å². The van der Waals surface area contributed by atoms with Crippen molar-refractivity contribution < 1.29 is 14.3 Å². The molecule has 0 N–H and O–H groups in total. The lowest BCUT2D eigenvalue weighted by molar-refractivity contribution is -0.136. The summed E-state index contributed by atoms with van der Waals surface area (Å²) >= 11 is 0. The fourth-order valence-corrected chi connectivity index (χ4v) is 4.02. The Hall–Kier alpha value is -2.48. The van der Waals surface area contributed by atoms with Crippen LogP contribution in [0.15, 0.2) is 24.7 Å². The van der Waals surface area contributed by atoms with Crippen LogP contribution in [-0.4, -0.2) is 62.0 Å². The van der Waals surface area contributed by atoms with Gasteiger partial charge in [0.2, 0.25) is 0 Å². The number of hydrogen-bond donors (Lipinski definition) is 0. The molecule has 2 aromatic heterocycles. The normalized spacial score (nSPS) is 22.0. The summed E-state index contributed by atoms with van der Waals surface area (Å²) < 4.78 is 13.8. The third-order valence-electron chi connectivity index (χ3n) is 5.47. The van der Waals surface area contributed by atoms with E-state index in [9.17, 15) is 4.79 Å². The molecule has 1 atom stereocenters. The zero-order valence-electron chi connectivity index (χ0n) is 15.8. The summed E-state index contributed by atoms with van der Waals surface area (Å²) in [7, 11) is 1.83. The zero-order valence-corrected chi connectivity index (χ0v) is 15.8. The van der Waals surface area contributed by atoms with Crippen molar-refractivity contribution in [3.63, 3.8) is 0 Å². The Morgan fingerprint density at radius 1 is 1.30 bits per heavy atom. The number of aromatic nitrogens is 4. The number of rotatable bonds is 3. The van der Waals surface area contributed by atoms with Gasteiger partial charge < -0.3 is 14.4 Å². The Bertz CT molecular complexity index is 799. The average Bonchev–Trinajstić information content (AvgIpc) is 3.01. The second kappa shape index (κ2) is 7.26. The van der Waals surface area contributed by atoms with Crippen molar-refractivity contribution in [2.45, 2.75) is 44.3 Å². The Morgan fingerprint density at radius 3 is 2.70 bits per heavy atom. The SMILES string of the molecule is Cc1nn(C)cc1C(=O)N1CCC2(CC1)CC(Oc1ncccn1)CCO2. The molecule has 0 aliphatic carbocycles. The van der Waals surface area contributed by atoms with Crippen LogP contribution in [0.2, 0.25) is 0 Å². The molecule has 1 amide bonds. The molecule has 8 heteroatoms. The Balaban J connectivity index is 1.37. The molecule has 4 rings (SSSR count). The van der Waals surface area contributed by atoms with Crippen LogP contribution >= 0.6 is 0 Å². The topological polar surface area (TPSA) is 82.4 Å². The van der Waals surface area contributed by atoms with E-state index >= 15 is 0 Å². The molecule has 0 saturated carbocycles. The van der Waals surface area contributed by atoms with Crippen molar-refractivity contribution in [3.05, 3.63) is 35.9 Å². The predicted octanol–water partition coefficient (Wildman–Crippen LogP) is 1.75. The summed E-state index contributed by atoms with van der Waals surface area (Å²) in [6, 6.07) is 2.19. The molecule has 0 aromatic carbocycles. The molecule has 0 radical (unpaired) electrons. The van der Waals surface area contributed by atoms with Gasteiger partial charge in [-0.15, -0.1) is 0 Å². The van der Waals surface area contributed by atoms with Crippen molar-refractivity contribution in [3.8, 4) is 6.01 Å². The van der Waals surface area contributed by atoms with Crippen LogP contribution in [0.1, 0.15) is 41.7 Å². The fraction of sp³-hybridized carbons (Fsp3) is 0.579. The second-order valence-corrected chi connectivity index (χ2v) is 7.39. The molecule has 0 bridgehead atoms. The maximum Gasteiger partial charge on any atom is 0.316 e. The van der Waals surface area contributed by atoms with Gasteiger partial charge in [0.15, 0.2) is 0 Å². The molecule has 2 aliphatic heterocycles. The van der Waals surface area contributed by atoms with Crippen LogP contribution in [0.4, 0.5) is 0 Å². The number of piperidine rings is 1. The Morgan fingerprint density at radius 2 is 2.04 bits per heavy atom. The first-order valence-electron chi connectivity index (χ1n) is 9.42. The van der Waals surface area contributed by atoms with Crippen LogP contribution < -0.4 is 4.74 Å². The molecule has 2 aromatic rings. The lowest BCUT2D eigenvalue weighted by Crippen LogP contribution is -2.52. The number of hydrogen-bond acceptors (Lipinski definition) is 6. The first kappa shape index (κ1) is 17.9. The first-order valence-corrected chi connectivity index (χ1v) is 9.42. The van der Waals surface area contributed by atoms with Crippen molar-refractivity contribution >= 4 is 5.91 Å². The van der Waals surface area contributed by atoms with Gasteiger partial charge in [0.25, 0.3) is 5.91 Å². The van der Waals surface area contributed by atoms with Crippen molar-refractivity contribution in [2.75, 3.05) is 19.7 Å². The average molecular weight is 371 g/mol. The minimum atomic E-state index is -0.224. The monoisotopic (exact) mass is 371 g/mol. The van der Waals surface area contributed by atoms with E-state index in [0.29, 0.717) is 31.3 Å². The van der Waals surface area contributed by atoms with Crippen molar-refractivity contribution in [2.24, 2.45) is 7.05 Å². The van der Waals surface area contributed by atoms with E-state index in [0.717, 1.165) is 31.4 Å². The van der Waals surface area contributed by atoms with Gasteiger partial charge in [-0.25, -0.2) is 9.97 Å². The number of likely N-dealkylation sites (tertiary alicyclic amines) is 1. The van der Waals surface area contributed by atoms with Crippen LogP contribution in [0.25, 0.3) is 0 Å². The zero-order chi connectivity index (χ0) is 18.9. The standard InChI is InChI=1S/C19H25N5O3/c1-14-16(13-23(2)22-14)17(25)24-9-5-19(6-10-24)12-15(4-11-26-19)27-18-20-7-3-8-21-18/h3,7-8,13,15H,4-6,9-12H2,1-2H3. The van der Waals surface area contributed by atoms with E-state index in [1.165, 1.54) is 0 Å². The van der Waals surface area contributed by atoms with E-state index in [-0.39, 0.29) is 17.6 Å². The molecular weight excluding hydrogens is 346 g/mol. The van der Waals surface area contributed by atoms with Crippen LogP contribution in [0.3, 0.4) is 0 Å². The van der Waals surface area contributed by atoms with Gasteiger partial charge >= 0.3 is 6.01 Å². The minimum absolute atomic E-state index is 0.0453. The predicted molar refractivity (Wildman–Crippen MR) is 97.4 cm³/mol. The van der Waals surface area contributed by atoms with Gasteiger partial charge in [0, 0.05) is 51.6 Å². The Labute approximate surface area is 158 Å². The van der Waals surface area contributed by atoms with Gasteiger partial charge in [-0.1, -0.05) is 0 Å². The fourth-order valence-electron chi connectivity index (χ4n) is 4.02. The number of nitrogens with zero attached hydrogens (tertiary/aromatic N) is 5. The molecule has 2 aliphatic rings. The summed E-state index contributed by atoms with van der Waals surface area (Å²) in [5, 5.41) is 4.28. The van der Waals surface area contributed by atoms with E-state index in [1.54, 1.807) is 29.3 Å². The van der Waals surface area contributed by atoms with Gasteiger partial charge in [-0.2, -0.15) is 5.10 Å². The van der Waals surface area contributed by atoms with E-state index in [4.69, 9.17) is 9.47 Å². The summed E-state index contributed by atoms with van der Waals surface area (Å²) in [5.41, 5.74) is 1.23. The number of ether oxygens (including phenoxy) is 2. The third kappa shape index (κ3) is 3.80. The molecular formula is C19H25N5O3. The maximum absolute atomic E-state index is 12.8. The lowest BCUT2D eigenvalue weighted by atomic mass is 9.83. The molecule has 8 nitrogen and oxygen atoms in total. The van der Waals surface area contributed by atoms with Gasteiger partial charge in [-0.05, 0) is 25.8 Å². The van der Waals surface area contributed by atoms with E-state index < -0.39 is 0 Å². The molecule has 27 heavy (non-hydrogen) atoms. The van der Waals surface area contributed by atoms with E-state index in [1.807, 2.05) is 18.9 Å². The number of aryl methyl sites for hydroxylation is 2. The third-order valence-corrected chi connectivity index (χ3v) is 5.47. The number of carbonyl (C=O) groups excluding carboxylic acids is 1. The summed E-state index contributed by atoms with van der Waals surface area (Å²) in [4.78, 5) is 23.0. The van der Waals surface area contributed by atoms with Crippen molar-refractivity contribution in [1.29, 1.82) is 0 Å². The quantitative estimate of drug-likeness (QED) is 0.818. The number of carbonyl (C=O) groups is 1. The first-order chi connectivity index (χ1) is 13.0. The van der Waals surface area contributed by atoms with Gasteiger partial charge in [0.1, 0.15) is 6.10 Å². The highest BCUT2D eigenvalue weighted by Gasteiger charge is 2.42. The highest BCUT2D eigenvalue weighted by molar-refractivity contribution is 5.95. The van der Waals surface area contributed by atoms with Crippen LogP contribution in [-0.2, 0) is 11.8 Å². The molecule has 2 fully saturated rings. The maximum atomic E-state index is 12.8. The minimum Gasteiger partial charge on any atom is -0.460 e. The summed E-state index contributed by atoms with van der Waals surface area (Å²) in [6.45, 7) is 3.90. The van der Waals surface area contributed by atoms with E-state index in [2.05, 4.69) is 15.1 Å². The molecule has 4 heterocycles. The number of amides is 1. The highest BCUT2D eigenvalue weighted by Crippen LogP contribution is 2.36. The smallest absolute Gasteiger partial charge is 0.316 e. The largest absolute Gasteiger partial charge is 0.460 e. The molecule has 1 spiro atoms. The second-order valence-electron chi connectivity index (χ2n) is 7.39. The lowest BCUT2D eigenvalue weighted by Gasteiger charge is -2.45. The molecule has 2 saturated heterocycles. The van der Waals surface area contributed by atoms with Gasteiger partial charge in [0.05, 0.1) is 23.5 Å². The molecule has 1 unspecified atom stereocenters. The summed E-state index contributed by atoms with van der Waals surface area (Å²) in [6.07, 6.45) is 8.47. The van der Waals surface area contributed by atoms with Gasteiger partial charge in [-0.3, -0.25) is 9.48 Å². The van der Waals surface area contributed by atoms with Crippen LogP contribution in [0, 0.1) is 6.92 Å². The van der Waals surface area contributed by atoms with Crippen LogP contribution in [0.5, 0.6) is 6.01 Å². The highest BCUT2D eigenvalue weighted by atomic mass is 16.5.